The minimum atomic E-state index is -0.493. The maximum atomic E-state index is 13.4. The average Bonchev–Trinajstić information content (AvgIpc) is 3.18. The molecule has 5 rings (SSSR count). The van der Waals surface area contributed by atoms with Crippen LogP contribution in [-0.4, -0.2) is 48.6 Å². The van der Waals surface area contributed by atoms with Crippen molar-refractivity contribution < 1.29 is 13.9 Å². The van der Waals surface area contributed by atoms with Gasteiger partial charge in [-0.05, 0) is 36.9 Å². The van der Waals surface area contributed by atoms with E-state index in [1.165, 1.54) is 12.1 Å². The summed E-state index contributed by atoms with van der Waals surface area (Å²) in [6, 6.07) is 10.7. The van der Waals surface area contributed by atoms with Crippen LogP contribution in [0.4, 0.5) is 4.39 Å². The highest BCUT2D eigenvalue weighted by Crippen LogP contribution is 2.53. The van der Waals surface area contributed by atoms with Crippen LogP contribution in [0.5, 0.6) is 11.5 Å². The Morgan fingerprint density at radius 3 is 2.62 bits per heavy atom. The van der Waals surface area contributed by atoms with E-state index in [0.717, 1.165) is 65.2 Å². The third kappa shape index (κ3) is 3.11. The molecular formula is C22H23BrFN3O2. The van der Waals surface area contributed by atoms with Crippen molar-refractivity contribution >= 4 is 21.6 Å². The van der Waals surface area contributed by atoms with E-state index in [2.05, 4.69) is 39.0 Å². The third-order valence-electron chi connectivity index (χ3n) is 6.19. The van der Waals surface area contributed by atoms with E-state index >= 15 is 0 Å². The van der Waals surface area contributed by atoms with Crippen LogP contribution < -0.4 is 9.47 Å². The maximum Gasteiger partial charge on any atom is 0.200 e. The van der Waals surface area contributed by atoms with Gasteiger partial charge in [-0.1, -0.05) is 28.1 Å². The molecule has 1 spiro atoms. The highest BCUT2D eigenvalue weighted by molar-refractivity contribution is 9.10. The number of hydrazone groups is 1. The van der Waals surface area contributed by atoms with Crippen molar-refractivity contribution in [1.29, 1.82) is 0 Å². The summed E-state index contributed by atoms with van der Waals surface area (Å²) in [4.78, 5) is 2.32. The molecule has 1 unspecified atom stereocenters. The molecule has 0 aromatic heterocycles. The van der Waals surface area contributed by atoms with Gasteiger partial charge < -0.3 is 14.4 Å². The zero-order valence-corrected chi connectivity index (χ0v) is 18.1. The number of hydrogen-bond acceptors (Lipinski definition) is 5. The van der Waals surface area contributed by atoms with Crippen molar-refractivity contribution in [3.05, 3.63) is 57.8 Å². The van der Waals surface area contributed by atoms with Crippen LogP contribution in [0.2, 0.25) is 0 Å². The predicted molar refractivity (Wildman–Crippen MR) is 113 cm³/mol. The van der Waals surface area contributed by atoms with Crippen LogP contribution in [0.1, 0.15) is 36.4 Å². The molecular weight excluding hydrogens is 437 g/mol. The van der Waals surface area contributed by atoms with E-state index < -0.39 is 5.72 Å². The molecule has 2 aromatic carbocycles. The Labute approximate surface area is 178 Å². The van der Waals surface area contributed by atoms with Crippen molar-refractivity contribution in [3.63, 3.8) is 0 Å². The summed E-state index contributed by atoms with van der Waals surface area (Å²) >= 11 is 3.60. The molecule has 0 bridgehead atoms. The molecule has 0 amide bonds. The first-order chi connectivity index (χ1) is 14.0. The number of methoxy groups -OCH3 is 1. The average molecular weight is 460 g/mol. The van der Waals surface area contributed by atoms with Crippen molar-refractivity contribution in [2.45, 2.75) is 31.0 Å². The monoisotopic (exact) mass is 459 g/mol. The fourth-order valence-electron chi connectivity index (χ4n) is 4.58. The number of halogens is 2. The lowest BCUT2D eigenvalue weighted by Crippen LogP contribution is -2.58. The van der Waals surface area contributed by atoms with Crippen LogP contribution >= 0.6 is 15.9 Å². The van der Waals surface area contributed by atoms with Crippen LogP contribution in [0, 0.1) is 5.82 Å². The van der Waals surface area contributed by atoms with E-state index in [1.54, 1.807) is 19.2 Å². The Bertz CT molecular complexity index is 971. The van der Waals surface area contributed by atoms with Gasteiger partial charge in [0.1, 0.15) is 5.82 Å². The summed E-state index contributed by atoms with van der Waals surface area (Å²) in [5.74, 6) is 1.32. The predicted octanol–water partition coefficient (Wildman–Crippen LogP) is 4.56. The van der Waals surface area contributed by atoms with Gasteiger partial charge in [0, 0.05) is 42.4 Å². The molecule has 3 heterocycles. The highest BCUT2D eigenvalue weighted by atomic mass is 79.9. The first-order valence-corrected chi connectivity index (χ1v) is 10.7. The summed E-state index contributed by atoms with van der Waals surface area (Å²) in [5, 5.41) is 7.18. The van der Waals surface area contributed by atoms with Gasteiger partial charge in [-0.3, -0.25) is 0 Å². The zero-order valence-electron chi connectivity index (χ0n) is 16.5. The Morgan fingerprint density at radius 1 is 1.21 bits per heavy atom. The number of hydrogen-bond donors (Lipinski definition) is 0. The van der Waals surface area contributed by atoms with Gasteiger partial charge in [-0.2, -0.15) is 5.10 Å². The quantitative estimate of drug-likeness (QED) is 0.659. The molecule has 2 aromatic rings. The Morgan fingerprint density at radius 2 is 1.93 bits per heavy atom. The summed E-state index contributed by atoms with van der Waals surface area (Å²) in [7, 11) is 3.81. The van der Waals surface area contributed by atoms with Gasteiger partial charge >= 0.3 is 0 Å². The summed E-state index contributed by atoms with van der Waals surface area (Å²) in [5.41, 5.74) is 2.49. The fourth-order valence-corrected chi connectivity index (χ4v) is 5.03. The number of nitrogens with zero attached hydrogens (tertiary/aromatic N) is 3. The molecule has 0 radical (unpaired) electrons. The van der Waals surface area contributed by atoms with Crippen molar-refractivity contribution in [3.8, 4) is 11.5 Å². The minimum absolute atomic E-state index is 0.0635. The fraction of sp³-hybridized carbons (Fsp3) is 0.409. The molecule has 0 saturated carbocycles. The molecule has 3 aliphatic rings. The lowest BCUT2D eigenvalue weighted by Gasteiger charge is -2.51. The second-order valence-electron chi connectivity index (χ2n) is 8.00. The second kappa shape index (κ2) is 6.99. The van der Waals surface area contributed by atoms with Gasteiger partial charge in [0.15, 0.2) is 11.5 Å². The van der Waals surface area contributed by atoms with Crippen molar-refractivity contribution in [1.82, 2.24) is 9.91 Å². The number of piperidine rings is 1. The first-order valence-electron chi connectivity index (χ1n) is 9.87. The van der Waals surface area contributed by atoms with Crippen molar-refractivity contribution in [2.75, 3.05) is 27.2 Å². The smallest absolute Gasteiger partial charge is 0.200 e. The molecule has 29 heavy (non-hydrogen) atoms. The number of rotatable bonds is 2. The number of benzene rings is 2. The van der Waals surface area contributed by atoms with E-state index in [1.807, 2.05) is 6.07 Å². The first kappa shape index (κ1) is 18.9. The number of fused-ring (bicyclic) bond motifs is 4. The second-order valence-corrected chi connectivity index (χ2v) is 8.91. The molecule has 1 saturated heterocycles. The lowest BCUT2D eigenvalue weighted by atomic mass is 9.90. The van der Waals surface area contributed by atoms with Gasteiger partial charge in [0.2, 0.25) is 5.72 Å². The maximum absolute atomic E-state index is 13.4. The van der Waals surface area contributed by atoms with E-state index in [4.69, 9.17) is 14.6 Å². The molecule has 5 nitrogen and oxygen atoms in total. The standard InChI is InChI=1S/C22H23BrFN3O2/c1-26-9-7-22(8-10-26)27-19(13-18(25-27)14-3-5-16(24)6-4-14)17-11-15(23)12-20(28-2)21(17)29-22/h3-6,11-12,19H,7-10,13H2,1-2H3. The molecule has 0 N–H and O–H groups in total. The normalized spacial score (nSPS) is 22.7. The van der Waals surface area contributed by atoms with Gasteiger partial charge in [-0.25, -0.2) is 9.40 Å². The van der Waals surface area contributed by atoms with Gasteiger partial charge in [0.25, 0.3) is 0 Å². The molecule has 152 valence electrons. The number of likely N-dealkylation sites (tertiary alicyclic amines) is 1. The van der Waals surface area contributed by atoms with Crippen LogP contribution in [-0.2, 0) is 0 Å². The molecule has 1 fully saturated rings. The van der Waals surface area contributed by atoms with Crippen LogP contribution in [0.25, 0.3) is 0 Å². The molecule has 1 atom stereocenters. The summed E-state index contributed by atoms with van der Waals surface area (Å²) in [6.45, 7) is 1.89. The highest BCUT2D eigenvalue weighted by Gasteiger charge is 2.52. The van der Waals surface area contributed by atoms with Crippen LogP contribution in [0.3, 0.4) is 0 Å². The largest absolute Gasteiger partial charge is 0.493 e. The minimum Gasteiger partial charge on any atom is -0.493 e. The van der Waals surface area contributed by atoms with Crippen LogP contribution in [0.15, 0.2) is 46.0 Å². The lowest BCUT2D eigenvalue weighted by molar-refractivity contribution is -0.148. The van der Waals surface area contributed by atoms with Gasteiger partial charge in [-0.15, -0.1) is 0 Å². The summed E-state index contributed by atoms with van der Waals surface area (Å²) < 4.78 is 26.7. The topological polar surface area (TPSA) is 37.3 Å². The number of ether oxygens (including phenoxy) is 2. The molecule has 3 aliphatic heterocycles. The zero-order chi connectivity index (χ0) is 20.2. The molecule has 7 heteroatoms. The molecule has 0 aliphatic carbocycles. The summed E-state index contributed by atoms with van der Waals surface area (Å²) in [6.07, 6.45) is 2.47. The Balaban J connectivity index is 1.62. The third-order valence-corrected chi connectivity index (χ3v) is 6.65. The van der Waals surface area contributed by atoms with Crippen molar-refractivity contribution in [2.24, 2.45) is 5.10 Å². The van der Waals surface area contributed by atoms with Gasteiger partial charge in [0.05, 0.1) is 18.9 Å². The Hall–Kier alpha value is -2.12. The van der Waals surface area contributed by atoms with E-state index in [9.17, 15) is 4.39 Å². The van der Waals surface area contributed by atoms with E-state index in [-0.39, 0.29) is 11.9 Å². The van der Waals surface area contributed by atoms with E-state index in [0.29, 0.717) is 0 Å². The SMILES string of the molecule is COc1cc(Br)cc2c1OC1(CCN(C)CC1)N1N=C(c3ccc(F)cc3)CC21. The Kier molecular flexibility index (Phi) is 4.55.